The molecule has 2 aromatic carbocycles. The zero-order chi connectivity index (χ0) is 25.3. The molecule has 8 heteroatoms. The highest BCUT2D eigenvalue weighted by atomic mass is 16.5. The van der Waals surface area contributed by atoms with Crippen LogP contribution in [0.5, 0.6) is 11.5 Å². The maximum atomic E-state index is 12.5. The third-order valence-electron chi connectivity index (χ3n) is 6.84. The average Bonchev–Trinajstić information content (AvgIpc) is 2.92. The van der Waals surface area contributed by atoms with Crippen LogP contribution in [0.25, 0.3) is 0 Å². The smallest absolute Gasteiger partial charge is 0.323 e. The first-order chi connectivity index (χ1) is 17.6. The number of ether oxygens (including phenoxy) is 5. The lowest BCUT2D eigenvalue weighted by molar-refractivity contribution is -0.147. The third kappa shape index (κ3) is 6.49. The van der Waals surface area contributed by atoms with Crippen molar-refractivity contribution >= 4 is 11.7 Å². The molecule has 2 aliphatic rings. The molecular formula is C28H38N2O6. The summed E-state index contributed by atoms with van der Waals surface area (Å²) >= 11 is 0. The largest absolute Gasteiger partial charge is 0.497 e. The minimum atomic E-state index is -0.349. The molecule has 0 radical (unpaired) electrons. The summed E-state index contributed by atoms with van der Waals surface area (Å²) in [4.78, 5) is 14.8. The molecule has 0 amide bonds. The Morgan fingerprint density at radius 2 is 2.00 bits per heavy atom. The van der Waals surface area contributed by atoms with E-state index in [1.807, 2.05) is 25.1 Å². The van der Waals surface area contributed by atoms with Gasteiger partial charge >= 0.3 is 5.97 Å². The van der Waals surface area contributed by atoms with Crippen LogP contribution < -0.4 is 19.7 Å². The molecule has 2 aromatic rings. The number of benzene rings is 2. The van der Waals surface area contributed by atoms with Crippen molar-refractivity contribution in [1.29, 1.82) is 0 Å². The zero-order valence-corrected chi connectivity index (χ0v) is 21.5. The first-order valence-corrected chi connectivity index (χ1v) is 12.8. The van der Waals surface area contributed by atoms with E-state index >= 15 is 0 Å². The second kappa shape index (κ2) is 12.9. The molecule has 0 saturated carbocycles. The number of methoxy groups -OCH3 is 2. The van der Waals surface area contributed by atoms with Gasteiger partial charge in [0.05, 0.1) is 38.7 Å². The monoisotopic (exact) mass is 498 g/mol. The Hall–Kier alpha value is -2.81. The highest BCUT2D eigenvalue weighted by molar-refractivity contribution is 5.76. The normalized spacial score (nSPS) is 21.4. The van der Waals surface area contributed by atoms with E-state index in [1.165, 1.54) is 0 Å². The molecule has 2 heterocycles. The summed E-state index contributed by atoms with van der Waals surface area (Å²) < 4.78 is 28.2. The van der Waals surface area contributed by atoms with Crippen LogP contribution in [0.15, 0.2) is 42.5 Å². The van der Waals surface area contributed by atoms with E-state index in [9.17, 15) is 4.79 Å². The molecule has 2 aliphatic heterocycles. The van der Waals surface area contributed by atoms with Crippen LogP contribution in [-0.2, 0) is 25.6 Å². The van der Waals surface area contributed by atoms with E-state index in [0.29, 0.717) is 32.8 Å². The highest BCUT2D eigenvalue weighted by Crippen LogP contribution is 2.35. The quantitative estimate of drug-likeness (QED) is 0.373. The SMILES string of the molecule is CCOC(=O)[C@@H]1C[C@H](c2ccc(OC)cc2)C(OCc2ccc3c(c2)N(CCCOC)CCO3)CN1. The number of carbonyl (C=O) groups is 1. The Kier molecular flexibility index (Phi) is 9.44. The third-order valence-corrected chi connectivity index (χ3v) is 6.84. The minimum Gasteiger partial charge on any atom is -0.497 e. The molecule has 1 unspecified atom stereocenters. The van der Waals surface area contributed by atoms with E-state index in [-0.39, 0.29) is 24.0 Å². The van der Waals surface area contributed by atoms with Gasteiger partial charge in [-0.05, 0) is 55.2 Å². The molecule has 1 N–H and O–H groups in total. The Morgan fingerprint density at radius 3 is 2.75 bits per heavy atom. The van der Waals surface area contributed by atoms with E-state index in [0.717, 1.165) is 54.4 Å². The van der Waals surface area contributed by atoms with Crippen LogP contribution in [0.3, 0.4) is 0 Å². The fraction of sp³-hybridized carbons (Fsp3) is 0.536. The molecule has 36 heavy (non-hydrogen) atoms. The summed E-state index contributed by atoms with van der Waals surface area (Å²) in [6.07, 6.45) is 1.49. The van der Waals surface area contributed by atoms with Crippen LogP contribution in [0, 0.1) is 0 Å². The number of rotatable bonds is 11. The Balaban J connectivity index is 1.46. The van der Waals surface area contributed by atoms with Gasteiger partial charge in [-0.25, -0.2) is 0 Å². The maximum Gasteiger partial charge on any atom is 0.323 e. The van der Waals surface area contributed by atoms with Crippen LogP contribution in [-0.4, -0.2) is 71.8 Å². The molecule has 0 aliphatic carbocycles. The van der Waals surface area contributed by atoms with Crippen molar-refractivity contribution in [2.75, 3.05) is 58.6 Å². The zero-order valence-electron chi connectivity index (χ0n) is 21.5. The number of piperidine rings is 1. The predicted octanol–water partition coefficient (Wildman–Crippen LogP) is 3.52. The van der Waals surface area contributed by atoms with Crippen molar-refractivity contribution in [3.63, 3.8) is 0 Å². The second-order valence-corrected chi connectivity index (χ2v) is 9.16. The van der Waals surface area contributed by atoms with Gasteiger partial charge < -0.3 is 33.9 Å². The number of anilines is 1. The molecule has 0 spiro atoms. The summed E-state index contributed by atoms with van der Waals surface area (Å²) in [5.41, 5.74) is 3.33. The summed E-state index contributed by atoms with van der Waals surface area (Å²) in [5, 5.41) is 3.33. The lowest BCUT2D eigenvalue weighted by Gasteiger charge is -2.36. The topological polar surface area (TPSA) is 78.5 Å². The standard InChI is InChI=1S/C28H38N2O6/c1-4-34-28(31)24-17-23(21-7-9-22(33-3)10-8-21)27(18-29-24)36-19-20-6-11-26-25(16-20)30(13-15-35-26)12-5-14-32-2/h6-11,16,23-24,27,29H,4-5,12-15,17-19H2,1-3H3/t23-,24+,27?/m1/s1. The Bertz CT molecular complexity index is 983. The Morgan fingerprint density at radius 1 is 1.17 bits per heavy atom. The van der Waals surface area contributed by atoms with Crippen molar-refractivity contribution in [2.24, 2.45) is 0 Å². The first-order valence-electron chi connectivity index (χ1n) is 12.8. The predicted molar refractivity (Wildman–Crippen MR) is 138 cm³/mol. The van der Waals surface area contributed by atoms with Gasteiger partial charge in [0.25, 0.3) is 0 Å². The van der Waals surface area contributed by atoms with E-state index < -0.39 is 0 Å². The van der Waals surface area contributed by atoms with Crippen molar-refractivity contribution in [2.45, 2.75) is 44.4 Å². The molecule has 8 nitrogen and oxygen atoms in total. The maximum absolute atomic E-state index is 12.5. The first kappa shape index (κ1) is 26.3. The van der Waals surface area contributed by atoms with E-state index in [2.05, 4.69) is 34.5 Å². The summed E-state index contributed by atoms with van der Waals surface area (Å²) in [5.74, 6) is 1.56. The fourth-order valence-electron chi connectivity index (χ4n) is 4.93. The van der Waals surface area contributed by atoms with Gasteiger partial charge in [0, 0.05) is 32.7 Å². The van der Waals surface area contributed by atoms with Crippen LogP contribution in [0.2, 0.25) is 0 Å². The fourth-order valence-corrected chi connectivity index (χ4v) is 4.93. The molecule has 1 fully saturated rings. The van der Waals surface area contributed by atoms with Gasteiger partial charge in [-0.3, -0.25) is 4.79 Å². The van der Waals surface area contributed by atoms with Gasteiger partial charge in [-0.1, -0.05) is 18.2 Å². The number of carbonyl (C=O) groups excluding carboxylic acids is 1. The minimum absolute atomic E-state index is 0.0538. The van der Waals surface area contributed by atoms with Crippen molar-refractivity contribution in [1.82, 2.24) is 5.32 Å². The van der Waals surface area contributed by atoms with Crippen LogP contribution >= 0.6 is 0 Å². The summed E-state index contributed by atoms with van der Waals surface area (Å²) in [7, 11) is 3.39. The molecule has 4 rings (SSSR count). The molecular weight excluding hydrogens is 460 g/mol. The van der Waals surface area contributed by atoms with Gasteiger partial charge in [0.1, 0.15) is 24.1 Å². The number of esters is 1. The number of hydrogen-bond donors (Lipinski definition) is 1. The molecule has 196 valence electrons. The number of hydrogen-bond acceptors (Lipinski definition) is 8. The van der Waals surface area contributed by atoms with E-state index in [4.69, 9.17) is 23.7 Å². The summed E-state index contributed by atoms with van der Waals surface area (Å²) in [6, 6.07) is 13.9. The van der Waals surface area contributed by atoms with Gasteiger partial charge in [0.15, 0.2) is 0 Å². The summed E-state index contributed by atoms with van der Waals surface area (Å²) in [6.45, 7) is 6.46. The van der Waals surface area contributed by atoms with Crippen molar-refractivity contribution in [3.05, 3.63) is 53.6 Å². The molecule has 3 atom stereocenters. The molecule has 0 bridgehead atoms. The number of nitrogens with one attached hydrogen (secondary N) is 1. The van der Waals surface area contributed by atoms with Crippen LogP contribution in [0.4, 0.5) is 5.69 Å². The average molecular weight is 499 g/mol. The van der Waals surface area contributed by atoms with Crippen LogP contribution in [0.1, 0.15) is 36.8 Å². The highest BCUT2D eigenvalue weighted by Gasteiger charge is 2.36. The Labute approximate surface area is 213 Å². The lowest BCUT2D eigenvalue weighted by atomic mass is 9.84. The lowest BCUT2D eigenvalue weighted by Crippen LogP contribution is -2.50. The van der Waals surface area contributed by atoms with Crippen molar-refractivity contribution < 1.29 is 28.5 Å². The van der Waals surface area contributed by atoms with Gasteiger partial charge in [0.2, 0.25) is 0 Å². The molecule has 1 saturated heterocycles. The van der Waals surface area contributed by atoms with Gasteiger partial charge in [-0.15, -0.1) is 0 Å². The second-order valence-electron chi connectivity index (χ2n) is 9.16. The van der Waals surface area contributed by atoms with Crippen molar-refractivity contribution in [3.8, 4) is 11.5 Å². The number of nitrogens with zero attached hydrogens (tertiary/aromatic N) is 1. The number of fused-ring (bicyclic) bond motifs is 1. The van der Waals surface area contributed by atoms with Gasteiger partial charge in [-0.2, -0.15) is 0 Å². The molecule has 0 aromatic heterocycles. The van der Waals surface area contributed by atoms with E-state index in [1.54, 1.807) is 14.2 Å².